The molecule has 0 aliphatic carbocycles. The fourth-order valence-electron chi connectivity index (χ4n) is 2.26. The number of hydrogen-bond acceptors (Lipinski definition) is 6. The lowest BCUT2D eigenvalue weighted by atomic mass is 10.2. The number of amides is 1. The zero-order valence-electron chi connectivity index (χ0n) is 12.8. The molecule has 1 aromatic carbocycles. The normalized spacial score (nSPS) is 13.2. The molecule has 2 heterocycles. The number of benzene rings is 1. The van der Waals surface area contributed by atoms with Gasteiger partial charge in [0.25, 0.3) is 0 Å². The zero-order chi connectivity index (χ0) is 16.9. The predicted octanol–water partition coefficient (Wildman–Crippen LogP) is 0.454. The molecule has 1 amide bonds. The molecular formula is C15H16N4O5. The largest absolute Gasteiger partial charge is 0.490 e. The van der Waals surface area contributed by atoms with Crippen LogP contribution in [-0.4, -0.2) is 45.2 Å². The molecule has 9 heteroatoms. The van der Waals surface area contributed by atoms with Crippen molar-refractivity contribution in [3.05, 3.63) is 35.7 Å². The van der Waals surface area contributed by atoms with Gasteiger partial charge in [0.1, 0.15) is 6.54 Å². The van der Waals surface area contributed by atoms with Crippen molar-refractivity contribution >= 4 is 11.9 Å². The number of carbonyl (C=O) groups is 2. The molecule has 2 N–H and O–H groups in total. The SMILES string of the molecule is O=C(Cn1cc(C(=O)O)nn1)NCc1cccc2c1OCCCO2. The van der Waals surface area contributed by atoms with Crippen LogP contribution in [0.2, 0.25) is 0 Å². The Morgan fingerprint density at radius 3 is 2.92 bits per heavy atom. The summed E-state index contributed by atoms with van der Waals surface area (Å²) in [6, 6.07) is 5.52. The summed E-state index contributed by atoms with van der Waals surface area (Å²) in [6.07, 6.45) is 2.01. The van der Waals surface area contributed by atoms with Gasteiger partial charge < -0.3 is 19.9 Å². The Labute approximate surface area is 137 Å². The van der Waals surface area contributed by atoms with Gasteiger partial charge in [0, 0.05) is 18.5 Å². The van der Waals surface area contributed by atoms with Crippen LogP contribution >= 0.6 is 0 Å². The van der Waals surface area contributed by atoms with E-state index < -0.39 is 5.97 Å². The molecule has 0 bridgehead atoms. The Morgan fingerprint density at radius 1 is 1.29 bits per heavy atom. The number of aromatic carboxylic acids is 1. The van der Waals surface area contributed by atoms with Crippen LogP contribution in [0.4, 0.5) is 0 Å². The lowest BCUT2D eigenvalue weighted by Crippen LogP contribution is -2.27. The Kier molecular flexibility index (Phi) is 4.59. The highest BCUT2D eigenvalue weighted by Gasteiger charge is 2.15. The fraction of sp³-hybridized carbons (Fsp3) is 0.333. The van der Waals surface area contributed by atoms with Crippen molar-refractivity contribution in [3.63, 3.8) is 0 Å². The first-order chi connectivity index (χ1) is 11.6. The number of carbonyl (C=O) groups excluding carboxylic acids is 1. The molecule has 1 aliphatic rings. The summed E-state index contributed by atoms with van der Waals surface area (Å²) in [6.45, 7) is 1.31. The van der Waals surface area contributed by atoms with Gasteiger partial charge in [-0.1, -0.05) is 17.3 Å². The first kappa shape index (κ1) is 15.8. The summed E-state index contributed by atoms with van der Waals surface area (Å²) < 4.78 is 12.5. The average Bonchev–Trinajstić information content (AvgIpc) is 2.89. The third-order valence-corrected chi connectivity index (χ3v) is 3.39. The molecule has 126 valence electrons. The van der Waals surface area contributed by atoms with Crippen LogP contribution in [0.15, 0.2) is 24.4 Å². The number of carboxylic acids is 1. The maximum atomic E-state index is 12.0. The average molecular weight is 332 g/mol. The summed E-state index contributed by atoms with van der Waals surface area (Å²) in [7, 11) is 0. The van der Waals surface area contributed by atoms with Crippen LogP contribution in [0, 0.1) is 0 Å². The minimum absolute atomic E-state index is 0.118. The minimum atomic E-state index is -1.19. The molecule has 1 aromatic heterocycles. The first-order valence-electron chi connectivity index (χ1n) is 7.41. The van der Waals surface area contributed by atoms with E-state index >= 15 is 0 Å². The lowest BCUT2D eigenvalue weighted by molar-refractivity contribution is -0.122. The molecule has 0 spiro atoms. The van der Waals surface area contributed by atoms with Gasteiger partial charge in [-0.3, -0.25) is 4.79 Å². The van der Waals surface area contributed by atoms with Gasteiger partial charge in [-0.25, -0.2) is 9.48 Å². The summed E-state index contributed by atoms with van der Waals surface area (Å²) in [4.78, 5) is 22.7. The van der Waals surface area contributed by atoms with Crippen LogP contribution in [0.3, 0.4) is 0 Å². The monoisotopic (exact) mass is 332 g/mol. The van der Waals surface area contributed by atoms with Crippen LogP contribution in [0.25, 0.3) is 0 Å². The molecule has 3 rings (SSSR count). The van der Waals surface area contributed by atoms with E-state index in [9.17, 15) is 9.59 Å². The van der Waals surface area contributed by atoms with Crippen molar-refractivity contribution in [2.45, 2.75) is 19.5 Å². The van der Waals surface area contributed by atoms with Crippen molar-refractivity contribution < 1.29 is 24.2 Å². The topological polar surface area (TPSA) is 116 Å². The van der Waals surface area contributed by atoms with Gasteiger partial charge in [-0.15, -0.1) is 5.10 Å². The van der Waals surface area contributed by atoms with Gasteiger partial charge in [0.05, 0.1) is 19.4 Å². The second kappa shape index (κ2) is 6.99. The molecule has 9 nitrogen and oxygen atoms in total. The molecule has 0 fully saturated rings. The molecule has 2 aromatic rings. The van der Waals surface area contributed by atoms with E-state index in [1.54, 1.807) is 0 Å². The number of ether oxygens (including phenoxy) is 2. The molecule has 1 aliphatic heterocycles. The number of aromatic nitrogens is 3. The van der Waals surface area contributed by atoms with E-state index in [0.29, 0.717) is 24.7 Å². The van der Waals surface area contributed by atoms with Crippen LogP contribution in [-0.2, 0) is 17.9 Å². The van der Waals surface area contributed by atoms with E-state index in [-0.39, 0.29) is 24.7 Å². The van der Waals surface area contributed by atoms with Gasteiger partial charge >= 0.3 is 5.97 Å². The summed E-state index contributed by atoms with van der Waals surface area (Å²) in [5, 5.41) is 18.6. The van der Waals surface area contributed by atoms with Gasteiger partial charge in [-0.05, 0) is 6.07 Å². The number of hydrogen-bond donors (Lipinski definition) is 2. The predicted molar refractivity (Wildman–Crippen MR) is 80.9 cm³/mol. The Morgan fingerprint density at radius 2 is 2.12 bits per heavy atom. The van der Waals surface area contributed by atoms with Crippen molar-refractivity contribution in [1.29, 1.82) is 0 Å². The number of nitrogens with zero attached hydrogens (tertiary/aromatic N) is 3. The summed E-state index contributed by atoms with van der Waals surface area (Å²) >= 11 is 0. The smallest absolute Gasteiger partial charge is 0.358 e. The fourth-order valence-corrected chi connectivity index (χ4v) is 2.26. The first-order valence-corrected chi connectivity index (χ1v) is 7.41. The maximum absolute atomic E-state index is 12.0. The molecule has 0 saturated carbocycles. The van der Waals surface area contributed by atoms with Crippen molar-refractivity contribution in [3.8, 4) is 11.5 Å². The summed E-state index contributed by atoms with van der Waals surface area (Å²) in [5.41, 5.74) is 0.606. The van der Waals surface area contributed by atoms with Gasteiger partial charge in [0.15, 0.2) is 17.2 Å². The highest BCUT2D eigenvalue weighted by Crippen LogP contribution is 2.33. The highest BCUT2D eigenvalue weighted by atomic mass is 16.5. The van der Waals surface area contributed by atoms with Crippen LogP contribution in [0.1, 0.15) is 22.5 Å². The van der Waals surface area contributed by atoms with E-state index in [0.717, 1.165) is 12.0 Å². The van der Waals surface area contributed by atoms with E-state index in [1.165, 1.54) is 10.9 Å². The number of fused-ring (bicyclic) bond motifs is 1. The zero-order valence-corrected chi connectivity index (χ0v) is 12.8. The minimum Gasteiger partial charge on any atom is -0.490 e. The number of carboxylic acid groups (broad SMARTS) is 1. The van der Waals surface area contributed by atoms with Gasteiger partial charge in [-0.2, -0.15) is 0 Å². The standard InChI is InChI=1S/C15H16N4O5/c20-13(9-19-8-11(15(21)22)17-18-19)16-7-10-3-1-4-12-14(10)24-6-2-5-23-12/h1,3-4,8H,2,5-7,9H2,(H,16,20)(H,21,22). The van der Waals surface area contributed by atoms with Gasteiger partial charge in [0.2, 0.25) is 5.91 Å². The van der Waals surface area contributed by atoms with Crippen molar-refractivity contribution in [2.75, 3.05) is 13.2 Å². The number of nitrogens with one attached hydrogen (secondary N) is 1. The molecule has 0 saturated heterocycles. The molecular weight excluding hydrogens is 316 g/mol. The number of para-hydroxylation sites is 1. The molecule has 0 radical (unpaired) electrons. The third kappa shape index (κ3) is 3.62. The number of rotatable bonds is 5. The van der Waals surface area contributed by atoms with Crippen molar-refractivity contribution in [2.24, 2.45) is 0 Å². The summed E-state index contributed by atoms with van der Waals surface area (Å²) in [5.74, 6) is -0.194. The van der Waals surface area contributed by atoms with E-state index in [1.807, 2.05) is 18.2 Å². The maximum Gasteiger partial charge on any atom is 0.358 e. The van der Waals surface area contributed by atoms with E-state index in [2.05, 4.69) is 15.6 Å². The van der Waals surface area contributed by atoms with E-state index in [4.69, 9.17) is 14.6 Å². The second-order valence-corrected chi connectivity index (χ2v) is 5.18. The molecule has 0 atom stereocenters. The Bertz CT molecular complexity index is 758. The lowest BCUT2D eigenvalue weighted by Gasteiger charge is -2.13. The molecule has 24 heavy (non-hydrogen) atoms. The second-order valence-electron chi connectivity index (χ2n) is 5.18. The third-order valence-electron chi connectivity index (χ3n) is 3.39. The van der Waals surface area contributed by atoms with Crippen LogP contribution < -0.4 is 14.8 Å². The quantitative estimate of drug-likeness (QED) is 0.817. The van der Waals surface area contributed by atoms with Crippen LogP contribution in [0.5, 0.6) is 11.5 Å². The Hall–Kier alpha value is -3.10. The van der Waals surface area contributed by atoms with Crippen molar-refractivity contribution in [1.82, 2.24) is 20.3 Å². The highest BCUT2D eigenvalue weighted by molar-refractivity contribution is 5.84. The Balaban J connectivity index is 1.61. The molecule has 0 unspecified atom stereocenters.